The number of nitrogens with zero attached hydrogens (tertiary/aromatic N) is 1. The van der Waals surface area contributed by atoms with E-state index in [-0.39, 0.29) is 11.3 Å². The number of benzene rings is 2. The van der Waals surface area contributed by atoms with E-state index in [1.54, 1.807) is 18.2 Å². The number of carboxylic acid groups (broad SMARTS) is 1. The van der Waals surface area contributed by atoms with Gasteiger partial charge >= 0.3 is 5.97 Å². The van der Waals surface area contributed by atoms with Crippen molar-refractivity contribution in [2.75, 3.05) is 5.73 Å². The minimum atomic E-state index is -1.04. The van der Waals surface area contributed by atoms with Gasteiger partial charge in [0.15, 0.2) is 0 Å². The number of nitrogen functional groups attached to an aromatic ring is 1. The second kappa shape index (κ2) is 4.66. The highest BCUT2D eigenvalue weighted by Gasteiger charge is 2.18. The van der Waals surface area contributed by atoms with Crippen molar-refractivity contribution < 1.29 is 9.90 Å². The summed E-state index contributed by atoms with van der Waals surface area (Å²) >= 11 is 0. The molecule has 0 bridgehead atoms. The van der Waals surface area contributed by atoms with Gasteiger partial charge in [0.05, 0.1) is 22.5 Å². The average molecular weight is 264 g/mol. The summed E-state index contributed by atoms with van der Waals surface area (Å²) in [6, 6.07) is 16.4. The van der Waals surface area contributed by atoms with E-state index in [4.69, 9.17) is 5.73 Å². The summed E-state index contributed by atoms with van der Waals surface area (Å²) in [5.74, 6) is -1.04. The van der Waals surface area contributed by atoms with Gasteiger partial charge in [-0.1, -0.05) is 48.5 Å². The fourth-order valence-corrected chi connectivity index (χ4v) is 2.27. The van der Waals surface area contributed by atoms with Crippen molar-refractivity contribution in [1.82, 2.24) is 4.98 Å². The van der Waals surface area contributed by atoms with Crippen LogP contribution in [0.5, 0.6) is 0 Å². The van der Waals surface area contributed by atoms with Crippen molar-refractivity contribution in [3.8, 4) is 11.3 Å². The Balaban J connectivity index is 2.40. The van der Waals surface area contributed by atoms with Crippen molar-refractivity contribution >= 4 is 22.6 Å². The molecule has 3 N–H and O–H groups in total. The number of aromatic nitrogens is 1. The van der Waals surface area contributed by atoms with E-state index in [9.17, 15) is 9.90 Å². The number of hydrogen-bond acceptors (Lipinski definition) is 3. The van der Waals surface area contributed by atoms with Gasteiger partial charge in [0.1, 0.15) is 0 Å². The molecule has 20 heavy (non-hydrogen) atoms. The summed E-state index contributed by atoms with van der Waals surface area (Å²) in [7, 11) is 0. The van der Waals surface area contributed by atoms with Gasteiger partial charge in [0, 0.05) is 10.9 Å². The first kappa shape index (κ1) is 12.2. The molecule has 0 saturated carbocycles. The molecule has 3 aromatic rings. The topological polar surface area (TPSA) is 76.2 Å². The van der Waals surface area contributed by atoms with Crippen LogP contribution in [0.2, 0.25) is 0 Å². The Morgan fingerprint density at radius 3 is 2.35 bits per heavy atom. The fourth-order valence-electron chi connectivity index (χ4n) is 2.27. The fraction of sp³-hybridized carbons (Fsp3) is 0. The molecule has 0 aliphatic carbocycles. The third-order valence-electron chi connectivity index (χ3n) is 3.19. The van der Waals surface area contributed by atoms with Crippen molar-refractivity contribution in [1.29, 1.82) is 0 Å². The lowest BCUT2D eigenvalue weighted by Crippen LogP contribution is -2.07. The van der Waals surface area contributed by atoms with E-state index in [1.807, 2.05) is 36.4 Å². The van der Waals surface area contributed by atoms with Gasteiger partial charge in [-0.25, -0.2) is 9.78 Å². The van der Waals surface area contributed by atoms with Gasteiger partial charge in [-0.3, -0.25) is 0 Å². The Labute approximate surface area is 115 Å². The van der Waals surface area contributed by atoms with Gasteiger partial charge in [-0.2, -0.15) is 0 Å². The molecule has 1 aromatic heterocycles. The van der Waals surface area contributed by atoms with Crippen molar-refractivity contribution in [3.63, 3.8) is 0 Å². The van der Waals surface area contributed by atoms with Gasteiger partial charge in [0.2, 0.25) is 0 Å². The molecule has 0 fully saturated rings. The number of hydrogen-bond donors (Lipinski definition) is 2. The maximum Gasteiger partial charge on any atom is 0.338 e. The molecule has 4 heteroatoms. The number of fused-ring (bicyclic) bond motifs is 1. The standard InChI is InChI=1S/C16H12N2O2/c17-14-13(16(19)20)11-8-4-5-9-12(11)18-15(14)10-6-2-1-3-7-10/h1-9H,17H2,(H,19,20). The highest BCUT2D eigenvalue weighted by Crippen LogP contribution is 2.31. The maximum absolute atomic E-state index is 11.5. The average Bonchev–Trinajstić information content (AvgIpc) is 2.47. The van der Waals surface area contributed by atoms with Gasteiger partial charge in [-0.05, 0) is 6.07 Å². The summed E-state index contributed by atoms with van der Waals surface area (Å²) in [5.41, 5.74) is 8.27. The molecule has 0 amide bonds. The van der Waals surface area contributed by atoms with E-state index < -0.39 is 5.97 Å². The normalized spacial score (nSPS) is 10.6. The molecular formula is C16H12N2O2. The van der Waals surface area contributed by atoms with Crippen LogP contribution in [0.15, 0.2) is 54.6 Å². The predicted octanol–water partition coefficient (Wildman–Crippen LogP) is 3.18. The minimum absolute atomic E-state index is 0.106. The third-order valence-corrected chi connectivity index (χ3v) is 3.19. The SMILES string of the molecule is Nc1c(-c2ccccc2)nc2ccccc2c1C(=O)O. The summed E-state index contributed by atoms with van der Waals surface area (Å²) < 4.78 is 0. The Kier molecular flexibility index (Phi) is 2.84. The minimum Gasteiger partial charge on any atom is -0.478 e. The first-order chi connectivity index (χ1) is 9.68. The summed E-state index contributed by atoms with van der Waals surface area (Å²) in [6.07, 6.45) is 0. The lowest BCUT2D eigenvalue weighted by Gasteiger charge is -2.11. The van der Waals surface area contributed by atoms with Crippen LogP contribution in [0.25, 0.3) is 22.2 Å². The quantitative estimate of drug-likeness (QED) is 0.745. The second-order valence-electron chi connectivity index (χ2n) is 4.44. The van der Waals surface area contributed by atoms with Crippen molar-refractivity contribution in [3.05, 3.63) is 60.2 Å². The molecule has 0 unspecified atom stereocenters. The number of pyridine rings is 1. The lowest BCUT2D eigenvalue weighted by molar-refractivity contribution is 0.0700. The van der Waals surface area contributed by atoms with Crippen molar-refractivity contribution in [2.24, 2.45) is 0 Å². The number of nitrogens with two attached hydrogens (primary N) is 1. The first-order valence-electron chi connectivity index (χ1n) is 6.15. The first-order valence-corrected chi connectivity index (χ1v) is 6.15. The highest BCUT2D eigenvalue weighted by molar-refractivity contribution is 6.09. The predicted molar refractivity (Wildman–Crippen MR) is 78.6 cm³/mol. The Bertz CT molecular complexity index is 798. The molecule has 3 rings (SSSR count). The molecule has 1 heterocycles. The summed E-state index contributed by atoms with van der Waals surface area (Å²) in [6.45, 7) is 0. The Morgan fingerprint density at radius 1 is 1.00 bits per heavy atom. The van der Waals surface area contributed by atoms with E-state index in [2.05, 4.69) is 4.98 Å². The molecule has 0 atom stereocenters. The van der Waals surface area contributed by atoms with Crippen LogP contribution < -0.4 is 5.73 Å². The van der Waals surface area contributed by atoms with Crippen molar-refractivity contribution in [2.45, 2.75) is 0 Å². The molecule has 98 valence electrons. The molecule has 0 spiro atoms. The number of carboxylic acids is 1. The molecule has 0 aliphatic rings. The number of carbonyl (C=O) groups is 1. The monoisotopic (exact) mass is 264 g/mol. The third kappa shape index (κ3) is 1.87. The van der Waals surface area contributed by atoms with Crippen LogP contribution in [0.3, 0.4) is 0 Å². The Hall–Kier alpha value is -2.88. The molecule has 0 saturated heterocycles. The molecular weight excluding hydrogens is 252 g/mol. The zero-order valence-corrected chi connectivity index (χ0v) is 10.6. The molecule has 0 aliphatic heterocycles. The number of anilines is 1. The van der Waals surface area contributed by atoms with E-state index in [0.29, 0.717) is 16.6 Å². The van der Waals surface area contributed by atoms with Gasteiger partial charge in [0.25, 0.3) is 0 Å². The largest absolute Gasteiger partial charge is 0.478 e. The summed E-state index contributed by atoms with van der Waals surface area (Å²) in [5, 5.41) is 9.98. The zero-order chi connectivity index (χ0) is 14.1. The van der Waals surface area contributed by atoms with E-state index in [1.165, 1.54) is 0 Å². The molecule has 2 aromatic carbocycles. The molecule has 0 radical (unpaired) electrons. The van der Waals surface area contributed by atoms with Crippen LogP contribution in [-0.4, -0.2) is 16.1 Å². The smallest absolute Gasteiger partial charge is 0.338 e. The van der Waals surface area contributed by atoms with E-state index >= 15 is 0 Å². The van der Waals surface area contributed by atoms with Gasteiger partial charge < -0.3 is 10.8 Å². The van der Waals surface area contributed by atoms with Crippen LogP contribution in [0, 0.1) is 0 Å². The number of rotatable bonds is 2. The van der Waals surface area contributed by atoms with Crippen LogP contribution in [0.1, 0.15) is 10.4 Å². The van der Waals surface area contributed by atoms with Gasteiger partial charge in [-0.15, -0.1) is 0 Å². The van der Waals surface area contributed by atoms with Crippen LogP contribution in [-0.2, 0) is 0 Å². The zero-order valence-electron chi connectivity index (χ0n) is 10.6. The second-order valence-corrected chi connectivity index (χ2v) is 4.44. The maximum atomic E-state index is 11.5. The number of aromatic carboxylic acids is 1. The summed E-state index contributed by atoms with van der Waals surface area (Å²) in [4.78, 5) is 16.0. The number of para-hydroxylation sites is 1. The highest BCUT2D eigenvalue weighted by atomic mass is 16.4. The van der Waals surface area contributed by atoms with Crippen LogP contribution >= 0.6 is 0 Å². The van der Waals surface area contributed by atoms with Crippen LogP contribution in [0.4, 0.5) is 5.69 Å². The lowest BCUT2D eigenvalue weighted by atomic mass is 10.0. The van der Waals surface area contributed by atoms with E-state index in [0.717, 1.165) is 5.56 Å². The Morgan fingerprint density at radius 2 is 1.65 bits per heavy atom. The molecule has 4 nitrogen and oxygen atoms in total.